The van der Waals surface area contributed by atoms with Crippen LogP contribution in [0.3, 0.4) is 0 Å². The first-order valence-corrected chi connectivity index (χ1v) is 12.4. The van der Waals surface area contributed by atoms with Crippen molar-refractivity contribution in [1.29, 1.82) is 0 Å². The van der Waals surface area contributed by atoms with Crippen molar-refractivity contribution in [3.05, 3.63) is 78.1 Å². The largest absolute Gasteiger partial charge is 0.514 e. The van der Waals surface area contributed by atoms with Gasteiger partial charge in [-0.05, 0) is 56.5 Å². The second kappa shape index (κ2) is 10.9. The lowest BCUT2D eigenvalue weighted by atomic mass is 10.0. The highest BCUT2D eigenvalue weighted by atomic mass is 16.7. The molecule has 6 nitrogen and oxygen atoms in total. The van der Waals surface area contributed by atoms with Gasteiger partial charge in [0.25, 0.3) is 0 Å². The van der Waals surface area contributed by atoms with Crippen molar-refractivity contribution >= 4 is 17.2 Å². The number of carbonyl (C=O) groups excluding carboxylic acids is 1. The summed E-state index contributed by atoms with van der Waals surface area (Å²) in [4.78, 5) is 17.2. The molecule has 0 aliphatic carbocycles. The molecular weight excluding hydrogens is 452 g/mol. The molecule has 0 atom stereocenters. The lowest BCUT2D eigenvalue weighted by Gasteiger charge is -2.19. The van der Waals surface area contributed by atoms with Gasteiger partial charge in [-0.1, -0.05) is 61.9 Å². The molecule has 0 aliphatic heterocycles. The Morgan fingerprint density at radius 1 is 0.944 bits per heavy atom. The third-order valence-electron chi connectivity index (χ3n) is 5.86. The molecule has 0 spiro atoms. The molecule has 0 fully saturated rings. The monoisotopic (exact) mass is 486 g/mol. The quantitative estimate of drug-likeness (QED) is 0.192. The van der Waals surface area contributed by atoms with Crippen molar-refractivity contribution in [1.82, 2.24) is 9.55 Å². The number of unbranched alkanes of at least 4 members (excludes halogenated alkanes) is 1. The SMILES string of the molecule is CCCCc1nc2cccc(OC)c2n1Cc1ccc(-c2ccccc2OC(=O)OC(C)(C)C)cc1. The molecular formula is C30H34N2O4. The second-order valence-corrected chi connectivity index (χ2v) is 9.81. The number of imidazole rings is 1. The zero-order valence-electron chi connectivity index (χ0n) is 21.7. The third kappa shape index (κ3) is 5.88. The summed E-state index contributed by atoms with van der Waals surface area (Å²) >= 11 is 0. The maximum Gasteiger partial charge on any atom is 0.514 e. The number of methoxy groups -OCH3 is 1. The first kappa shape index (κ1) is 25.3. The Bertz CT molecular complexity index is 1330. The average Bonchev–Trinajstić information content (AvgIpc) is 3.19. The van der Waals surface area contributed by atoms with E-state index < -0.39 is 11.8 Å². The topological polar surface area (TPSA) is 62.6 Å². The van der Waals surface area contributed by atoms with Crippen LogP contribution in [0.4, 0.5) is 4.79 Å². The maximum absolute atomic E-state index is 12.2. The van der Waals surface area contributed by atoms with Gasteiger partial charge in [0.1, 0.15) is 28.4 Å². The molecule has 0 radical (unpaired) electrons. The molecule has 0 saturated heterocycles. The van der Waals surface area contributed by atoms with Gasteiger partial charge in [-0.3, -0.25) is 0 Å². The van der Waals surface area contributed by atoms with Gasteiger partial charge < -0.3 is 18.8 Å². The van der Waals surface area contributed by atoms with Crippen LogP contribution in [0.5, 0.6) is 11.5 Å². The van der Waals surface area contributed by atoms with E-state index in [4.69, 9.17) is 19.2 Å². The number of aromatic nitrogens is 2. The molecule has 0 unspecified atom stereocenters. The number of para-hydroxylation sites is 2. The molecule has 1 heterocycles. The molecule has 4 aromatic rings. The van der Waals surface area contributed by atoms with Gasteiger partial charge in [0.15, 0.2) is 0 Å². The summed E-state index contributed by atoms with van der Waals surface area (Å²) in [6.07, 6.45) is 2.40. The number of fused-ring (bicyclic) bond motifs is 1. The van der Waals surface area contributed by atoms with E-state index in [1.165, 1.54) is 0 Å². The van der Waals surface area contributed by atoms with E-state index in [9.17, 15) is 4.79 Å². The smallest absolute Gasteiger partial charge is 0.494 e. The maximum atomic E-state index is 12.2. The van der Waals surface area contributed by atoms with Crippen molar-refractivity contribution in [2.24, 2.45) is 0 Å². The van der Waals surface area contributed by atoms with Gasteiger partial charge >= 0.3 is 6.16 Å². The van der Waals surface area contributed by atoms with E-state index >= 15 is 0 Å². The van der Waals surface area contributed by atoms with Gasteiger partial charge in [0, 0.05) is 18.5 Å². The summed E-state index contributed by atoms with van der Waals surface area (Å²) in [6, 6.07) is 21.8. The lowest BCUT2D eigenvalue weighted by molar-refractivity contribution is 0.0207. The molecule has 6 heteroatoms. The highest BCUT2D eigenvalue weighted by Crippen LogP contribution is 2.32. The van der Waals surface area contributed by atoms with Crippen LogP contribution in [-0.4, -0.2) is 28.4 Å². The summed E-state index contributed by atoms with van der Waals surface area (Å²) in [6.45, 7) is 8.31. The molecule has 188 valence electrons. The van der Waals surface area contributed by atoms with Crippen molar-refractivity contribution in [2.75, 3.05) is 7.11 Å². The fraction of sp³-hybridized carbons (Fsp3) is 0.333. The van der Waals surface area contributed by atoms with Gasteiger partial charge in [-0.2, -0.15) is 0 Å². The van der Waals surface area contributed by atoms with Crippen molar-refractivity contribution in [3.63, 3.8) is 0 Å². The minimum Gasteiger partial charge on any atom is -0.494 e. The zero-order chi connectivity index (χ0) is 25.7. The van der Waals surface area contributed by atoms with Crippen LogP contribution in [0.2, 0.25) is 0 Å². The van der Waals surface area contributed by atoms with Gasteiger partial charge in [0.2, 0.25) is 0 Å². The average molecular weight is 487 g/mol. The van der Waals surface area contributed by atoms with E-state index in [1.807, 2.05) is 57.2 Å². The number of hydrogen-bond acceptors (Lipinski definition) is 5. The molecule has 0 aliphatic rings. The van der Waals surface area contributed by atoms with E-state index in [0.717, 1.165) is 58.6 Å². The Morgan fingerprint density at radius 2 is 1.67 bits per heavy atom. The second-order valence-electron chi connectivity index (χ2n) is 9.81. The number of hydrogen-bond donors (Lipinski definition) is 0. The normalized spacial score (nSPS) is 11.5. The minimum atomic E-state index is -0.716. The van der Waals surface area contributed by atoms with Gasteiger partial charge in [-0.15, -0.1) is 0 Å². The number of benzene rings is 3. The first-order chi connectivity index (χ1) is 17.3. The van der Waals surface area contributed by atoms with Gasteiger partial charge in [0.05, 0.1) is 12.6 Å². The van der Waals surface area contributed by atoms with Crippen LogP contribution in [0, 0.1) is 0 Å². The summed E-state index contributed by atoms with van der Waals surface area (Å²) in [5.41, 5.74) is 4.28. The number of ether oxygens (including phenoxy) is 3. The zero-order valence-corrected chi connectivity index (χ0v) is 21.7. The van der Waals surface area contributed by atoms with E-state index in [1.54, 1.807) is 13.2 Å². The highest BCUT2D eigenvalue weighted by Gasteiger charge is 2.20. The molecule has 4 rings (SSSR count). The molecule has 0 N–H and O–H groups in total. The van der Waals surface area contributed by atoms with Crippen LogP contribution < -0.4 is 9.47 Å². The van der Waals surface area contributed by atoms with Crippen LogP contribution >= 0.6 is 0 Å². The Morgan fingerprint density at radius 3 is 2.36 bits per heavy atom. The molecule has 1 aromatic heterocycles. The van der Waals surface area contributed by atoms with Crippen molar-refractivity contribution in [3.8, 4) is 22.6 Å². The Hall–Kier alpha value is -3.80. The van der Waals surface area contributed by atoms with Crippen LogP contribution in [0.1, 0.15) is 51.9 Å². The van der Waals surface area contributed by atoms with Gasteiger partial charge in [-0.25, -0.2) is 9.78 Å². The minimum absolute atomic E-state index is 0.465. The fourth-order valence-electron chi connectivity index (χ4n) is 4.19. The molecule has 0 saturated carbocycles. The van der Waals surface area contributed by atoms with Crippen LogP contribution in [0.25, 0.3) is 22.2 Å². The lowest BCUT2D eigenvalue weighted by Crippen LogP contribution is -2.26. The van der Waals surface area contributed by atoms with E-state index in [2.05, 4.69) is 35.8 Å². The summed E-state index contributed by atoms with van der Waals surface area (Å²) in [5, 5.41) is 0. The third-order valence-corrected chi connectivity index (χ3v) is 5.86. The fourth-order valence-corrected chi connectivity index (χ4v) is 4.19. The summed E-state index contributed by atoms with van der Waals surface area (Å²) in [7, 11) is 1.70. The Labute approximate surface area is 212 Å². The summed E-state index contributed by atoms with van der Waals surface area (Å²) in [5.74, 6) is 2.36. The predicted molar refractivity (Wildman–Crippen MR) is 143 cm³/mol. The van der Waals surface area contributed by atoms with Crippen molar-refractivity contribution < 1.29 is 19.0 Å². The number of aryl methyl sites for hydroxylation is 1. The van der Waals surface area contributed by atoms with E-state index in [0.29, 0.717) is 12.3 Å². The predicted octanol–water partition coefficient (Wildman–Crippen LogP) is 7.42. The summed E-state index contributed by atoms with van der Waals surface area (Å²) < 4.78 is 18.8. The van der Waals surface area contributed by atoms with Crippen LogP contribution in [-0.2, 0) is 17.7 Å². The standard InChI is InChI=1S/C30H34N2O4/c1-6-7-15-27-31-24-12-10-14-26(34-5)28(24)32(27)20-21-16-18-22(19-17-21)23-11-8-9-13-25(23)35-29(33)36-30(2,3)4/h8-14,16-19H,6-7,15,20H2,1-5H3. The first-order valence-electron chi connectivity index (χ1n) is 12.4. The molecule has 3 aromatic carbocycles. The molecule has 0 bridgehead atoms. The Kier molecular flexibility index (Phi) is 7.63. The number of nitrogens with zero attached hydrogens (tertiary/aromatic N) is 2. The number of rotatable bonds is 8. The number of carbonyl (C=O) groups is 1. The van der Waals surface area contributed by atoms with E-state index in [-0.39, 0.29) is 0 Å². The molecule has 36 heavy (non-hydrogen) atoms. The highest BCUT2D eigenvalue weighted by molar-refractivity contribution is 5.83. The molecule has 0 amide bonds. The van der Waals surface area contributed by atoms with Crippen LogP contribution in [0.15, 0.2) is 66.7 Å². The van der Waals surface area contributed by atoms with Crippen molar-refractivity contribution in [2.45, 2.75) is 59.1 Å². The Balaban J connectivity index is 1.61.